The summed E-state index contributed by atoms with van der Waals surface area (Å²) in [6.45, 7) is 1.21. The number of allylic oxidation sites excluding steroid dienone is 4. The highest BCUT2D eigenvalue weighted by molar-refractivity contribution is 7.97. The van der Waals surface area contributed by atoms with E-state index in [1.165, 1.54) is 25.1 Å². The zero-order chi connectivity index (χ0) is 9.19. The van der Waals surface area contributed by atoms with Gasteiger partial charge in [-0.1, -0.05) is 24.1 Å². The Balaban J connectivity index is 0.000000132. The molecule has 0 bridgehead atoms. The lowest BCUT2D eigenvalue weighted by Crippen LogP contribution is -2.11. The Morgan fingerprint density at radius 1 is 0.923 bits per heavy atom. The molecule has 3 heteroatoms. The largest absolute Gasteiger partial charge is 0.368 e. The molecule has 2 aliphatic rings. The van der Waals surface area contributed by atoms with Gasteiger partial charge in [0.1, 0.15) is 0 Å². The molecule has 0 amide bonds. The normalized spacial score (nSPS) is 19.7. The lowest BCUT2D eigenvalue weighted by molar-refractivity contribution is 0.754. The molecule has 0 aliphatic carbocycles. The molecule has 1 fully saturated rings. The summed E-state index contributed by atoms with van der Waals surface area (Å²) in [5.41, 5.74) is 0. The summed E-state index contributed by atoms with van der Waals surface area (Å²) in [5.74, 6) is 1.31. The van der Waals surface area contributed by atoms with Gasteiger partial charge in [0.25, 0.3) is 0 Å². The fourth-order valence-corrected chi connectivity index (χ4v) is 1.70. The van der Waals surface area contributed by atoms with E-state index in [0.717, 1.165) is 0 Å². The van der Waals surface area contributed by atoms with E-state index in [1.807, 2.05) is 48.7 Å². The van der Waals surface area contributed by atoms with Gasteiger partial charge in [0.15, 0.2) is 0 Å². The van der Waals surface area contributed by atoms with Crippen LogP contribution in [0.15, 0.2) is 36.7 Å². The topological polar surface area (TPSA) is 24.1 Å². The van der Waals surface area contributed by atoms with E-state index in [4.69, 9.17) is 0 Å². The Morgan fingerprint density at radius 3 is 2.08 bits per heavy atom. The molecule has 0 saturated carbocycles. The SMILES string of the molecule is C1=CC=CNC=C1.C1CCSNC1. The molecular weight excluding hydrogens is 180 g/mol. The molecule has 72 valence electrons. The van der Waals surface area contributed by atoms with Crippen LogP contribution in [0.2, 0.25) is 0 Å². The van der Waals surface area contributed by atoms with Crippen LogP contribution in [0.25, 0.3) is 0 Å². The van der Waals surface area contributed by atoms with Gasteiger partial charge in [-0.3, -0.25) is 4.72 Å². The zero-order valence-corrected chi connectivity index (χ0v) is 8.52. The summed E-state index contributed by atoms with van der Waals surface area (Å²) in [4.78, 5) is 0. The molecule has 0 atom stereocenters. The minimum Gasteiger partial charge on any atom is -0.368 e. The van der Waals surface area contributed by atoms with E-state index in [2.05, 4.69) is 10.0 Å². The standard InChI is InChI=1S/C6H7N.C4H9NS/c1-2-4-6-7-5-3-1;1-2-4-6-5-3-1/h1-7H;5H,1-4H2. The van der Waals surface area contributed by atoms with Gasteiger partial charge in [-0.2, -0.15) is 0 Å². The molecule has 13 heavy (non-hydrogen) atoms. The maximum atomic E-state index is 3.20. The molecule has 2 nitrogen and oxygen atoms in total. The molecule has 0 spiro atoms. The van der Waals surface area contributed by atoms with Crippen LogP contribution in [0, 0.1) is 0 Å². The van der Waals surface area contributed by atoms with Crippen LogP contribution in [0.5, 0.6) is 0 Å². The van der Waals surface area contributed by atoms with Crippen LogP contribution in [-0.4, -0.2) is 12.3 Å². The van der Waals surface area contributed by atoms with Crippen molar-refractivity contribution in [2.24, 2.45) is 0 Å². The van der Waals surface area contributed by atoms with Gasteiger partial charge in [-0.25, -0.2) is 0 Å². The molecule has 0 aromatic rings. The lowest BCUT2D eigenvalue weighted by atomic mass is 10.3. The predicted molar refractivity (Wildman–Crippen MR) is 60.3 cm³/mol. The van der Waals surface area contributed by atoms with Crippen molar-refractivity contribution in [3.05, 3.63) is 36.7 Å². The molecule has 0 radical (unpaired) electrons. The smallest absolute Gasteiger partial charge is 0.00791 e. The molecule has 0 aromatic heterocycles. The summed E-state index contributed by atoms with van der Waals surface area (Å²) in [5, 5.41) is 2.92. The quantitative estimate of drug-likeness (QED) is 0.581. The average Bonchev–Trinajstić information content (AvgIpc) is 2.53. The van der Waals surface area contributed by atoms with E-state index in [1.54, 1.807) is 0 Å². The molecule has 2 heterocycles. The Hall–Kier alpha value is -0.670. The third-order valence-corrected chi connectivity index (χ3v) is 2.50. The van der Waals surface area contributed by atoms with Crippen molar-refractivity contribution in [3.63, 3.8) is 0 Å². The lowest BCUT2D eigenvalue weighted by Gasteiger charge is -2.07. The van der Waals surface area contributed by atoms with E-state index >= 15 is 0 Å². The summed E-state index contributed by atoms with van der Waals surface area (Å²) in [7, 11) is 0. The van der Waals surface area contributed by atoms with Gasteiger partial charge in [0.2, 0.25) is 0 Å². The van der Waals surface area contributed by atoms with E-state index < -0.39 is 0 Å². The van der Waals surface area contributed by atoms with Gasteiger partial charge < -0.3 is 5.32 Å². The van der Waals surface area contributed by atoms with Crippen molar-refractivity contribution < 1.29 is 0 Å². The molecule has 2 rings (SSSR count). The summed E-state index contributed by atoms with van der Waals surface area (Å²) in [6, 6.07) is 0. The highest BCUT2D eigenvalue weighted by Gasteiger charge is 1.94. The number of nitrogens with one attached hydrogen (secondary N) is 2. The van der Waals surface area contributed by atoms with Gasteiger partial charge in [-0.15, -0.1) is 0 Å². The number of hydrogen-bond acceptors (Lipinski definition) is 3. The Bertz CT molecular complexity index is 168. The first kappa shape index (κ1) is 10.4. The minimum absolute atomic E-state index is 1.21. The van der Waals surface area contributed by atoms with Crippen molar-refractivity contribution >= 4 is 11.9 Å². The van der Waals surface area contributed by atoms with Crippen molar-refractivity contribution in [3.8, 4) is 0 Å². The molecule has 2 aliphatic heterocycles. The predicted octanol–water partition coefficient (Wildman–Crippen LogP) is 2.19. The van der Waals surface area contributed by atoms with Crippen molar-refractivity contribution in [1.82, 2.24) is 10.0 Å². The van der Waals surface area contributed by atoms with Gasteiger partial charge in [-0.05, 0) is 25.0 Å². The Morgan fingerprint density at radius 2 is 1.69 bits per heavy atom. The van der Waals surface area contributed by atoms with Crippen LogP contribution >= 0.6 is 11.9 Å². The van der Waals surface area contributed by atoms with Crippen LogP contribution < -0.4 is 10.0 Å². The van der Waals surface area contributed by atoms with Crippen molar-refractivity contribution in [1.29, 1.82) is 0 Å². The second-order valence-corrected chi connectivity index (χ2v) is 3.71. The second kappa shape index (κ2) is 7.95. The highest BCUT2D eigenvalue weighted by Crippen LogP contribution is 2.04. The van der Waals surface area contributed by atoms with Gasteiger partial charge in [0.05, 0.1) is 0 Å². The maximum Gasteiger partial charge on any atom is 0.00791 e. The summed E-state index contributed by atoms with van der Waals surface area (Å²) >= 11 is 1.84. The van der Waals surface area contributed by atoms with Gasteiger partial charge in [0, 0.05) is 24.7 Å². The van der Waals surface area contributed by atoms with E-state index in [-0.39, 0.29) is 0 Å². The monoisotopic (exact) mass is 196 g/mol. The summed E-state index contributed by atoms with van der Waals surface area (Å²) < 4.78 is 3.20. The molecular formula is C10H16N2S. The third kappa shape index (κ3) is 6.49. The van der Waals surface area contributed by atoms with Crippen LogP contribution in [0.3, 0.4) is 0 Å². The zero-order valence-electron chi connectivity index (χ0n) is 7.70. The van der Waals surface area contributed by atoms with Gasteiger partial charge >= 0.3 is 0 Å². The summed E-state index contributed by atoms with van der Waals surface area (Å²) in [6.07, 6.45) is 14.3. The van der Waals surface area contributed by atoms with Crippen molar-refractivity contribution in [2.45, 2.75) is 12.8 Å². The van der Waals surface area contributed by atoms with Crippen LogP contribution in [-0.2, 0) is 0 Å². The molecule has 1 saturated heterocycles. The fraction of sp³-hybridized carbons (Fsp3) is 0.400. The average molecular weight is 196 g/mol. The van der Waals surface area contributed by atoms with Crippen LogP contribution in [0.4, 0.5) is 0 Å². The first-order valence-electron chi connectivity index (χ1n) is 4.59. The Kier molecular flexibility index (Phi) is 6.37. The first-order chi connectivity index (χ1) is 6.50. The fourth-order valence-electron chi connectivity index (χ4n) is 0.922. The first-order valence-corrected chi connectivity index (χ1v) is 5.58. The van der Waals surface area contributed by atoms with E-state index in [9.17, 15) is 0 Å². The molecule has 0 aromatic carbocycles. The van der Waals surface area contributed by atoms with Crippen molar-refractivity contribution in [2.75, 3.05) is 12.3 Å². The molecule has 0 unspecified atom stereocenters. The third-order valence-electron chi connectivity index (χ3n) is 1.60. The number of rotatable bonds is 0. The number of hydrogen-bond donors (Lipinski definition) is 2. The maximum absolute atomic E-state index is 3.20. The Labute approximate surface area is 84.3 Å². The van der Waals surface area contributed by atoms with Crippen LogP contribution in [0.1, 0.15) is 12.8 Å². The highest BCUT2D eigenvalue weighted by atomic mass is 32.2. The van der Waals surface area contributed by atoms with E-state index in [0.29, 0.717) is 0 Å². The second-order valence-electron chi connectivity index (χ2n) is 2.72. The molecule has 2 N–H and O–H groups in total. The minimum atomic E-state index is 1.21.